The maximum Gasteiger partial charge on any atom is 0.326 e. The number of rotatable bonds is 13. The predicted molar refractivity (Wildman–Crippen MR) is 139 cm³/mol. The van der Waals surface area contributed by atoms with Gasteiger partial charge in [0.15, 0.2) is 0 Å². The maximum atomic E-state index is 13.1. The van der Waals surface area contributed by atoms with Crippen LogP contribution in [0, 0.1) is 17.8 Å². The summed E-state index contributed by atoms with van der Waals surface area (Å²) >= 11 is 0. The fourth-order valence-electron chi connectivity index (χ4n) is 3.95. The van der Waals surface area contributed by atoms with Gasteiger partial charge in [-0.1, -0.05) is 88.7 Å². The average molecular weight is 482 g/mol. The van der Waals surface area contributed by atoms with Gasteiger partial charge in [-0.05, 0) is 34.9 Å². The van der Waals surface area contributed by atoms with Crippen LogP contribution in [-0.2, 0) is 16.0 Å². The van der Waals surface area contributed by atoms with Gasteiger partial charge in [0.25, 0.3) is 0 Å². The summed E-state index contributed by atoms with van der Waals surface area (Å²) in [7, 11) is 0. The Kier molecular flexibility index (Phi) is 10.8. The number of hydrogen-bond acceptors (Lipinski definition) is 3. The first-order valence-electron chi connectivity index (χ1n) is 12.3. The fraction of sp³-hybridized carbons (Fsp3) is 0.464. The van der Waals surface area contributed by atoms with E-state index >= 15 is 0 Å². The molecule has 35 heavy (non-hydrogen) atoms. The highest BCUT2D eigenvalue weighted by Gasteiger charge is 2.27. The Hall–Kier alpha value is -3.35. The molecule has 190 valence electrons. The molecule has 4 N–H and O–H groups in total. The summed E-state index contributed by atoms with van der Waals surface area (Å²) in [6.45, 7) is 8.65. The van der Waals surface area contributed by atoms with Gasteiger partial charge in [0, 0.05) is 19.5 Å². The number of carbonyl (C=O) groups excluding carboxylic acids is 2. The van der Waals surface area contributed by atoms with Crippen LogP contribution in [0.15, 0.2) is 54.6 Å². The Morgan fingerprint density at radius 1 is 0.857 bits per heavy atom. The third-order valence-corrected chi connectivity index (χ3v) is 5.91. The third kappa shape index (κ3) is 9.43. The van der Waals surface area contributed by atoms with Gasteiger partial charge < -0.3 is 21.1 Å². The topological polar surface area (TPSA) is 113 Å². The number of carboxylic acids is 1. The Morgan fingerprint density at radius 2 is 1.46 bits per heavy atom. The van der Waals surface area contributed by atoms with E-state index in [1.807, 2.05) is 68.4 Å². The van der Waals surface area contributed by atoms with Crippen LogP contribution in [0.2, 0.25) is 0 Å². The van der Waals surface area contributed by atoms with Crippen molar-refractivity contribution in [2.75, 3.05) is 13.1 Å². The van der Waals surface area contributed by atoms with Crippen molar-refractivity contribution in [2.24, 2.45) is 23.5 Å². The zero-order valence-corrected chi connectivity index (χ0v) is 21.2. The number of nitrogens with two attached hydrogens (primary N) is 1. The van der Waals surface area contributed by atoms with Crippen molar-refractivity contribution >= 4 is 17.9 Å². The largest absolute Gasteiger partial charge is 0.480 e. The van der Waals surface area contributed by atoms with E-state index in [0.29, 0.717) is 18.9 Å². The fourth-order valence-corrected chi connectivity index (χ4v) is 3.95. The number of nitrogens with one attached hydrogen (secondary N) is 1. The molecular formula is C28H39N3O4. The van der Waals surface area contributed by atoms with Gasteiger partial charge in [-0.15, -0.1) is 0 Å². The molecule has 3 amide bonds. The number of urea groups is 1. The van der Waals surface area contributed by atoms with Crippen LogP contribution >= 0.6 is 0 Å². The quantitative estimate of drug-likeness (QED) is 0.389. The second-order valence-corrected chi connectivity index (χ2v) is 9.98. The summed E-state index contributed by atoms with van der Waals surface area (Å²) in [6.07, 6.45) is 1.56. The molecule has 1 unspecified atom stereocenters. The molecule has 0 radical (unpaired) electrons. The summed E-state index contributed by atoms with van der Waals surface area (Å²) < 4.78 is 0. The smallest absolute Gasteiger partial charge is 0.326 e. The predicted octanol–water partition coefficient (Wildman–Crippen LogP) is 4.55. The zero-order valence-electron chi connectivity index (χ0n) is 21.2. The van der Waals surface area contributed by atoms with E-state index in [-0.39, 0.29) is 18.9 Å². The summed E-state index contributed by atoms with van der Waals surface area (Å²) in [5.41, 5.74) is 8.53. The molecular weight excluding hydrogens is 442 g/mol. The Bertz CT molecular complexity index is 958. The van der Waals surface area contributed by atoms with Gasteiger partial charge in [0.05, 0.1) is 5.92 Å². The minimum Gasteiger partial charge on any atom is -0.480 e. The number of carboxylic acid groups (broad SMARTS) is 1. The standard InChI is InChI=1S/C28H39N3O4/c1-19(2)10-13-24(26(29)32)18-31(17-20(3)4)28(35)30-25(27(33)34)16-21-11-14-23(15-12-21)22-8-6-5-7-9-22/h5-9,11-12,14-15,19-20,24-25H,10,13,16-18H2,1-4H3,(H2,29,32)(H,30,35)(H,33,34)/t24?,25-/m0/s1. The van der Waals surface area contributed by atoms with E-state index in [0.717, 1.165) is 23.1 Å². The SMILES string of the molecule is CC(C)CCC(CN(CC(C)C)C(=O)N[C@@H](Cc1ccc(-c2ccccc2)cc1)C(=O)O)C(N)=O. The van der Waals surface area contributed by atoms with Gasteiger partial charge in [-0.2, -0.15) is 0 Å². The lowest BCUT2D eigenvalue weighted by atomic mass is 9.96. The zero-order chi connectivity index (χ0) is 26.0. The summed E-state index contributed by atoms with van der Waals surface area (Å²) in [4.78, 5) is 38.6. The molecule has 0 bridgehead atoms. The van der Waals surface area contributed by atoms with Gasteiger partial charge >= 0.3 is 12.0 Å². The van der Waals surface area contributed by atoms with E-state index in [9.17, 15) is 19.5 Å². The first-order valence-corrected chi connectivity index (χ1v) is 12.3. The monoisotopic (exact) mass is 481 g/mol. The Morgan fingerprint density at radius 3 is 1.97 bits per heavy atom. The van der Waals surface area contributed by atoms with E-state index in [1.54, 1.807) is 0 Å². The molecule has 2 aromatic rings. The van der Waals surface area contributed by atoms with Crippen molar-refractivity contribution in [1.82, 2.24) is 10.2 Å². The molecule has 2 rings (SSSR count). The van der Waals surface area contributed by atoms with Crippen molar-refractivity contribution in [3.8, 4) is 11.1 Å². The lowest BCUT2D eigenvalue weighted by molar-refractivity contribution is -0.139. The van der Waals surface area contributed by atoms with Gasteiger partial charge in [0.1, 0.15) is 6.04 Å². The average Bonchev–Trinajstić information content (AvgIpc) is 2.80. The first-order chi connectivity index (χ1) is 16.6. The summed E-state index contributed by atoms with van der Waals surface area (Å²) in [6, 6.07) is 16.0. The van der Waals surface area contributed by atoms with Crippen molar-refractivity contribution < 1.29 is 19.5 Å². The van der Waals surface area contributed by atoms with Crippen molar-refractivity contribution in [2.45, 2.75) is 53.0 Å². The molecule has 0 aliphatic rings. The van der Waals surface area contributed by atoms with E-state index in [4.69, 9.17) is 5.73 Å². The Balaban J connectivity index is 2.11. The molecule has 7 heteroatoms. The molecule has 2 atom stereocenters. The lowest BCUT2D eigenvalue weighted by Gasteiger charge is -2.29. The molecule has 0 saturated carbocycles. The number of nitrogens with zero attached hydrogens (tertiary/aromatic N) is 1. The number of amides is 3. The minimum atomic E-state index is -1.11. The highest BCUT2D eigenvalue weighted by molar-refractivity contribution is 5.83. The molecule has 0 saturated heterocycles. The molecule has 2 aromatic carbocycles. The van der Waals surface area contributed by atoms with E-state index in [2.05, 4.69) is 19.2 Å². The van der Waals surface area contributed by atoms with Crippen LogP contribution in [0.5, 0.6) is 0 Å². The van der Waals surface area contributed by atoms with Crippen LogP contribution in [-0.4, -0.2) is 47.0 Å². The van der Waals surface area contributed by atoms with Crippen LogP contribution < -0.4 is 11.1 Å². The second-order valence-electron chi connectivity index (χ2n) is 9.98. The molecule has 7 nitrogen and oxygen atoms in total. The number of benzene rings is 2. The van der Waals surface area contributed by atoms with Crippen LogP contribution in [0.3, 0.4) is 0 Å². The highest BCUT2D eigenvalue weighted by Crippen LogP contribution is 2.20. The minimum absolute atomic E-state index is 0.146. The second kappa shape index (κ2) is 13.5. The number of aliphatic carboxylic acids is 1. The molecule has 0 spiro atoms. The molecule has 0 heterocycles. The van der Waals surface area contributed by atoms with Crippen molar-refractivity contribution in [3.05, 3.63) is 60.2 Å². The van der Waals surface area contributed by atoms with Crippen molar-refractivity contribution in [3.63, 3.8) is 0 Å². The number of hydrogen-bond donors (Lipinski definition) is 3. The van der Waals surface area contributed by atoms with E-state index < -0.39 is 29.9 Å². The van der Waals surface area contributed by atoms with Crippen LogP contribution in [0.25, 0.3) is 11.1 Å². The Labute approximate surface area is 208 Å². The summed E-state index contributed by atoms with van der Waals surface area (Å²) in [5, 5.41) is 12.4. The summed E-state index contributed by atoms with van der Waals surface area (Å²) in [5.74, 6) is -1.47. The normalized spacial score (nSPS) is 12.9. The van der Waals surface area contributed by atoms with Gasteiger partial charge in [-0.25, -0.2) is 9.59 Å². The van der Waals surface area contributed by atoms with E-state index in [1.165, 1.54) is 4.90 Å². The number of carbonyl (C=O) groups is 3. The third-order valence-electron chi connectivity index (χ3n) is 5.91. The maximum absolute atomic E-state index is 13.1. The first kappa shape index (κ1) is 27.9. The molecule has 0 fully saturated rings. The highest BCUT2D eigenvalue weighted by atomic mass is 16.4. The number of primary amides is 1. The molecule has 0 aliphatic carbocycles. The molecule has 0 aliphatic heterocycles. The van der Waals surface area contributed by atoms with Gasteiger partial charge in [0.2, 0.25) is 5.91 Å². The lowest BCUT2D eigenvalue weighted by Crippen LogP contribution is -2.51. The molecule has 0 aromatic heterocycles. The van der Waals surface area contributed by atoms with Gasteiger partial charge in [-0.3, -0.25) is 4.79 Å². The van der Waals surface area contributed by atoms with Crippen LogP contribution in [0.1, 0.15) is 46.1 Å². The van der Waals surface area contributed by atoms with Crippen molar-refractivity contribution in [1.29, 1.82) is 0 Å². The van der Waals surface area contributed by atoms with Crippen LogP contribution in [0.4, 0.5) is 4.79 Å².